The molecule has 0 aromatic rings. The predicted octanol–water partition coefficient (Wildman–Crippen LogP) is 0.746. The van der Waals surface area contributed by atoms with Crippen LogP contribution >= 0.6 is 12.4 Å². The molecule has 0 aromatic heterocycles. The summed E-state index contributed by atoms with van der Waals surface area (Å²) in [7, 11) is 1.61. The Morgan fingerprint density at radius 3 is 2.53 bits per heavy atom. The Morgan fingerprint density at radius 2 is 2.05 bits per heavy atom. The zero-order valence-corrected chi connectivity index (χ0v) is 12.7. The number of carboxylic acid groups (broad SMARTS) is 1. The molecule has 0 spiro atoms. The lowest BCUT2D eigenvalue weighted by molar-refractivity contribution is -0.139. The number of hydrogen-bond donors (Lipinski definition) is 2. The number of halogens is 1. The third-order valence-corrected chi connectivity index (χ3v) is 2.60. The fraction of sp³-hybridized carbons (Fsp3) is 0.833. The molecule has 0 bridgehead atoms. The molecule has 0 aromatic carbocycles. The second kappa shape index (κ2) is 12.2. The second-order valence-electron chi connectivity index (χ2n) is 4.18. The van der Waals surface area contributed by atoms with Crippen LogP contribution in [0.5, 0.6) is 0 Å². The quantitative estimate of drug-likeness (QED) is 0.582. The van der Waals surface area contributed by atoms with Crippen LogP contribution < -0.4 is 5.32 Å². The van der Waals surface area contributed by atoms with E-state index in [4.69, 9.17) is 9.84 Å². The molecule has 0 saturated carbocycles. The average molecular weight is 297 g/mol. The van der Waals surface area contributed by atoms with Crippen molar-refractivity contribution < 1.29 is 19.4 Å². The molecule has 1 atom stereocenters. The summed E-state index contributed by atoms with van der Waals surface area (Å²) < 4.78 is 4.88. The molecule has 2 N–H and O–H groups in total. The lowest BCUT2D eigenvalue weighted by Crippen LogP contribution is -2.47. The van der Waals surface area contributed by atoms with E-state index in [9.17, 15) is 9.59 Å². The number of carbonyl (C=O) groups is 2. The first kappa shape index (κ1) is 20.5. The number of nitrogens with one attached hydrogen (secondary N) is 1. The Bertz CT molecular complexity index is 264. The molecule has 0 rings (SSSR count). The summed E-state index contributed by atoms with van der Waals surface area (Å²) in [6.07, 6.45) is 1.57. The van der Waals surface area contributed by atoms with Gasteiger partial charge in [0.25, 0.3) is 0 Å². The van der Waals surface area contributed by atoms with Crippen molar-refractivity contribution >= 4 is 24.3 Å². The topological polar surface area (TPSA) is 78.9 Å². The molecule has 6 nitrogen and oxygen atoms in total. The van der Waals surface area contributed by atoms with E-state index in [1.807, 2.05) is 6.92 Å². The van der Waals surface area contributed by atoms with Gasteiger partial charge in [-0.1, -0.05) is 6.92 Å². The Kier molecular flexibility index (Phi) is 13.1. The Hall–Kier alpha value is -0.850. The molecule has 0 aliphatic rings. The van der Waals surface area contributed by atoms with Crippen LogP contribution in [0, 0.1) is 0 Å². The van der Waals surface area contributed by atoms with E-state index in [0.717, 1.165) is 12.8 Å². The molecule has 0 saturated heterocycles. The highest BCUT2D eigenvalue weighted by Gasteiger charge is 2.22. The molecule has 0 aliphatic carbocycles. The van der Waals surface area contributed by atoms with Gasteiger partial charge in [-0.05, 0) is 26.3 Å². The minimum Gasteiger partial charge on any atom is -0.480 e. The molecule has 1 unspecified atom stereocenters. The number of carboxylic acids is 1. The van der Waals surface area contributed by atoms with Crippen molar-refractivity contribution in [3.63, 3.8) is 0 Å². The third kappa shape index (κ3) is 9.69. The zero-order chi connectivity index (χ0) is 14.0. The van der Waals surface area contributed by atoms with Gasteiger partial charge < -0.3 is 15.2 Å². The fourth-order valence-corrected chi connectivity index (χ4v) is 1.61. The number of nitrogens with zero attached hydrogens (tertiary/aromatic N) is 1. The van der Waals surface area contributed by atoms with Crippen LogP contribution in [0.25, 0.3) is 0 Å². The smallest absolute Gasteiger partial charge is 0.317 e. The molecule has 0 aliphatic heterocycles. The highest BCUT2D eigenvalue weighted by atomic mass is 35.5. The van der Waals surface area contributed by atoms with Crippen molar-refractivity contribution in [3.8, 4) is 0 Å². The van der Waals surface area contributed by atoms with Crippen LogP contribution in [0.3, 0.4) is 0 Å². The zero-order valence-electron chi connectivity index (χ0n) is 11.8. The van der Waals surface area contributed by atoms with E-state index >= 15 is 0 Å². The summed E-state index contributed by atoms with van der Waals surface area (Å²) in [6.45, 7) is 5.31. The second-order valence-corrected chi connectivity index (χ2v) is 4.18. The maximum absolute atomic E-state index is 11.8. The maximum atomic E-state index is 11.8. The number of carbonyl (C=O) groups excluding carboxylic acids is 1. The maximum Gasteiger partial charge on any atom is 0.317 e. The summed E-state index contributed by atoms with van der Waals surface area (Å²) in [5, 5.41) is 11.6. The number of aliphatic carboxylic acids is 1. The van der Waals surface area contributed by atoms with Crippen molar-refractivity contribution in [2.75, 3.05) is 33.4 Å². The molecule has 0 heterocycles. The normalized spacial score (nSPS) is 11.8. The van der Waals surface area contributed by atoms with Gasteiger partial charge in [0, 0.05) is 20.3 Å². The van der Waals surface area contributed by atoms with Gasteiger partial charge in [0.15, 0.2) is 0 Å². The van der Waals surface area contributed by atoms with Crippen molar-refractivity contribution in [1.82, 2.24) is 10.2 Å². The summed E-state index contributed by atoms with van der Waals surface area (Å²) in [6, 6.07) is -0.427. The van der Waals surface area contributed by atoms with Gasteiger partial charge in [-0.2, -0.15) is 0 Å². The van der Waals surface area contributed by atoms with Gasteiger partial charge >= 0.3 is 5.97 Å². The van der Waals surface area contributed by atoms with E-state index in [1.165, 1.54) is 0 Å². The van der Waals surface area contributed by atoms with Crippen LogP contribution in [0.15, 0.2) is 0 Å². The first-order valence-corrected chi connectivity index (χ1v) is 6.25. The number of amides is 1. The summed E-state index contributed by atoms with van der Waals surface area (Å²) in [5.74, 6) is -1.05. The van der Waals surface area contributed by atoms with E-state index in [0.29, 0.717) is 19.7 Å². The van der Waals surface area contributed by atoms with Gasteiger partial charge in [-0.15, -0.1) is 12.4 Å². The summed E-state index contributed by atoms with van der Waals surface area (Å²) in [5.41, 5.74) is 0. The molecule has 114 valence electrons. The molecule has 0 fully saturated rings. The first-order chi connectivity index (χ1) is 8.52. The SMILES string of the molecule is CCCN(CC(=O)O)C(C)C(=O)NCCCOC.Cl. The first-order valence-electron chi connectivity index (χ1n) is 6.25. The molecule has 1 amide bonds. The molecule has 0 radical (unpaired) electrons. The molecule has 19 heavy (non-hydrogen) atoms. The minimum absolute atomic E-state index is 0. The Balaban J connectivity index is 0. The van der Waals surface area contributed by atoms with Gasteiger partial charge in [0.2, 0.25) is 5.91 Å². The van der Waals surface area contributed by atoms with Gasteiger partial charge in [0.1, 0.15) is 0 Å². The van der Waals surface area contributed by atoms with Crippen molar-refractivity contribution in [1.29, 1.82) is 0 Å². The van der Waals surface area contributed by atoms with E-state index in [-0.39, 0.29) is 24.9 Å². The lowest BCUT2D eigenvalue weighted by Gasteiger charge is -2.26. The highest BCUT2D eigenvalue weighted by molar-refractivity contribution is 5.85. The largest absolute Gasteiger partial charge is 0.480 e. The van der Waals surface area contributed by atoms with E-state index in [1.54, 1.807) is 18.9 Å². The van der Waals surface area contributed by atoms with Crippen LogP contribution in [0.1, 0.15) is 26.7 Å². The number of hydrogen-bond acceptors (Lipinski definition) is 4. The fourth-order valence-electron chi connectivity index (χ4n) is 1.61. The third-order valence-electron chi connectivity index (χ3n) is 2.60. The predicted molar refractivity (Wildman–Crippen MR) is 75.7 cm³/mol. The summed E-state index contributed by atoms with van der Waals surface area (Å²) in [4.78, 5) is 24.2. The Labute approximate surface area is 120 Å². The van der Waals surface area contributed by atoms with Crippen LogP contribution in [-0.2, 0) is 14.3 Å². The van der Waals surface area contributed by atoms with Crippen molar-refractivity contribution in [2.45, 2.75) is 32.7 Å². The number of rotatable bonds is 10. The van der Waals surface area contributed by atoms with Crippen LogP contribution in [0.4, 0.5) is 0 Å². The summed E-state index contributed by atoms with van der Waals surface area (Å²) >= 11 is 0. The van der Waals surface area contributed by atoms with Crippen LogP contribution in [0.2, 0.25) is 0 Å². The molecular weight excluding hydrogens is 272 g/mol. The Morgan fingerprint density at radius 1 is 1.42 bits per heavy atom. The van der Waals surface area contributed by atoms with Gasteiger partial charge in [0.05, 0.1) is 12.6 Å². The number of ether oxygens (including phenoxy) is 1. The molecule has 7 heteroatoms. The van der Waals surface area contributed by atoms with Crippen molar-refractivity contribution in [3.05, 3.63) is 0 Å². The highest BCUT2D eigenvalue weighted by Crippen LogP contribution is 2.01. The van der Waals surface area contributed by atoms with E-state index < -0.39 is 12.0 Å². The standard InChI is InChI=1S/C12H24N2O4.ClH/c1-4-7-14(9-11(15)16)10(2)12(17)13-6-5-8-18-3;/h10H,4-9H2,1-3H3,(H,13,17)(H,15,16);1H. The number of methoxy groups -OCH3 is 1. The van der Waals surface area contributed by atoms with Gasteiger partial charge in [-0.3, -0.25) is 14.5 Å². The molecular formula is C12H25ClN2O4. The van der Waals surface area contributed by atoms with Gasteiger partial charge in [-0.25, -0.2) is 0 Å². The van der Waals surface area contributed by atoms with Crippen LogP contribution in [-0.4, -0.2) is 61.3 Å². The van der Waals surface area contributed by atoms with E-state index in [2.05, 4.69) is 5.32 Å². The minimum atomic E-state index is -0.914. The monoisotopic (exact) mass is 296 g/mol. The average Bonchev–Trinajstić information content (AvgIpc) is 2.32. The lowest BCUT2D eigenvalue weighted by atomic mass is 10.2. The van der Waals surface area contributed by atoms with Crippen molar-refractivity contribution in [2.24, 2.45) is 0 Å².